The summed E-state index contributed by atoms with van der Waals surface area (Å²) in [5.41, 5.74) is 5.81. The van der Waals surface area contributed by atoms with Gasteiger partial charge in [-0.1, -0.05) is 0 Å². The molecule has 2 rings (SSSR count). The van der Waals surface area contributed by atoms with E-state index < -0.39 is 6.04 Å². The van der Waals surface area contributed by atoms with Gasteiger partial charge in [0.2, 0.25) is 0 Å². The molecule has 0 radical (unpaired) electrons. The molecule has 0 saturated carbocycles. The van der Waals surface area contributed by atoms with Crippen molar-refractivity contribution >= 4 is 17.6 Å². The first kappa shape index (κ1) is 14.1. The molecule has 1 unspecified atom stereocenters. The molecule has 1 aliphatic rings. The van der Waals surface area contributed by atoms with E-state index in [1.807, 2.05) is 0 Å². The topological polar surface area (TPSA) is 73.5 Å². The molecular weight excluding hydrogens is 263 g/mol. The van der Waals surface area contributed by atoms with Crippen molar-refractivity contribution in [2.75, 3.05) is 19.0 Å². The van der Waals surface area contributed by atoms with Gasteiger partial charge < -0.3 is 10.2 Å². The van der Waals surface area contributed by atoms with E-state index in [0.29, 0.717) is 18.7 Å². The normalized spacial score (nSPS) is 17.7. The van der Waals surface area contributed by atoms with Gasteiger partial charge in [-0.3, -0.25) is 15.6 Å². The zero-order chi connectivity index (χ0) is 14.5. The number of likely N-dealkylation sites (tertiary alicyclic amines) is 1. The number of urea groups is 1. The summed E-state index contributed by atoms with van der Waals surface area (Å²) in [6.07, 6.45) is 1.42. The molecule has 1 atom stereocenters. The molecule has 1 heterocycles. The lowest BCUT2D eigenvalue weighted by atomic mass is 10.2. The number of halogens is 1. The second-order valence-electron chi connectivity index (χ2n) is 4.53. The monoisotopic (exact) mass is 280 g/mol. The number of benzene rings is 1. The molecule has 20 heavy (non-hydrogen) atoms. The molecule has 1 saturated heterocycles. The average molecular weight is 280 g/mol. The molecule has 108 valence electrons. The van der Waals surface area contributed by atoms with Gasteiger partial charge in [-0.2, -0.15) is 0 Å². The van der Waals surface area contributed by atoms with Crippen LogP contribution in [0.25, 0.3) is 0 Å². The number of carbonyl (C=O) groups excluding carboxylic acids is 2. The van der Waals surface area contributed by atoms with E-state index in [1.165, 1.54) is 36.2 Å². The van der Waals surface area contributed by atoms with Crippen LogP contribution in [0, 0.1) is 5.82 Å². The fourth-order valence-corrected chi connectivity index (χ4v) is 2.18. The maximum absolute atomic E-state index is 12.7. The lowest BCUT2D eigenvalue weighted by Gasteiger charge is -2.23. The second kappa shape index (κ2) is 6.23. The third-order valence-corrected chi connectivity index (χ3v) is 3.20. The molecule has 3 N–H and O–H groups in total. The summed E-state index contributed by atoms with van der Waals surface area (Å²) in [6.45, 7) is 0.564. The molecule has 0 aromatic heterocycles. The van der Waals surface area contributed by atoms with E-state index in [2.05, 4.69) is 16.2 Å². The Hall–Kier alpha value is -2.31. The Morgan fingerprint density at radius 3 is 2.65 bits per heavy atom. The number of amides is 3. The quantitative estimate of drug-likeness (QED) is 0.725. The minimum Gasteiger partial charge on any atom is -0.341 e. The Balaban J connectivity index is 1.91. The van der Waals surface area contributed by atoms with Crippen LogP contribution < -0.4 is 16.2 Å². The van der Waals surface area contributed by atoms with Crippen molar-refractivity contribution in [3.05, 3.63) is 30.1 Å². The number of hydrazine groups is 1. The molecular formula is C13H17FN4O2. The van der Waals surface area contributed by atoms with Crippen molar-refractivity contribution in [1.29, 1.82) is 0 Å². The molecule has 0 bridgehead atoms. The molecule has 3 amide bonds. The summed E-state index contributed by atoms with van der Waals surface area (Å²) in [5, 5.41) is 2.52. The van der Waals surface area contributed by atoms with E-state index in [1.54, 1.807) is 0 Å². The predicted molar refractivity (Wildman–Crippen MR) is 72.3 cm³/mol. The Labute approximate surface area is 116 Å². The van der Waals surface area contributed by atoms with Crippen molar-refractivity contribution in [1.82, 2.24) is 15.6 Å². The van der Waals surface area contributed by atoms with Gasteiger partial charge in [-0.15, -0.1) is 0 Å². The van der Waals surface area contributed by atoms with Crippen molar-refractivity contribution in [3.8, 4) is 0 Å². The Kier molecular flexibility index (Phi) is 4.39. The SMILES string of the molecule is CNC(=O)N1CCCC1C(=O)NNc1ccc(F)cc1. The molecule has 6 nitrogen and oxygen atoms in total. The number of carbonyl (C=O) groups is 2. The first-order chi connectivity index (χ1) is 9.61. The van der Waals surface area contributed by atoms with Gasteiger partial charge in [0.15, 0.2) is 0 Å². The number of hydrogen-bond acceptors (Lipinski definition) is 3. The summed E-state index contributed by atoms with van der Waals surface area (Å²) in [6, 6.07) is 4.87. The van der Waals surface area contributed by atoms with Crippen LogP contribution in [-0.4, -0.2) is 36.5 Å². The van der Waals surface area contributed by atoms with Crippen molar-refractivity contribution in [2.45, 2.75) is 18.9 Å². The van der Waals surface area contributed by atoms with Crippen molar-refractivity contribution in [3.63, 3.8) is 0 Å². The highest BCUT2D eigenvalue weighted by Crippen LogP contribution is 2.17. The van der Waals surface area contributed by atoms with Crippen LogP contribution in [0.4, 0.5) is 14.9 Å². The zero-order valence-electron chi connectivity index (χ0n) is 11.1. The predicted octanol–water partition coefficient (Wildman–Crippen LogP) is 1.07. The fraction of sp³-hybridized carbons (Fsp3) is 0.385. The zero-order valence-corrected chi connectivity index (χ0v) is 11.1. The smallest absolute Gasteiger partial charge is 0.317 e. The molecule has 1 aromatic carbocycles. The van der Waals surface area contributed by atoms with Gasteiger partial charge in [-0.05, 0) is 37.1 Å². The van der Waals surface area contributed by atoms with Crippen LogP contribution in [0.5, 0.6) is 0 Å². The van der Waals surface area contributed by atoms with Crippen LogP contribution in [0.3, 0.4) is 0 Å². The summed E-state index contributed by atoms with van der Waals surface area (Å²) in [7, 11) is 1.53. The van der Waals surface area contributed by atoms with E-state index in [9.17, 15) is 14.0 Å². The number of nitrogens with one attached hydrogen (secondary N) is 3. The minimum absolute atomic E-state index is 0.260. The van der Waals surface area contributed by atoms with Gasteiger partial charge >= 0.3 is 6.03 Å². The third kappa shape index (κ3) is 3.17. The first-order valence-corrected chi connectivity index (χ1v) is 6.41. The van der Waals surface area contributed by atoms with Crippen LogP contribution in [0.2, 0.25) is 0 Å². The van der Waals surface area contributed by atoms with Gasteiger partial charge in [0.1, 0.15) is 11.9 Å². The largest absolute Gasteiger partial charge is 0.341 e. The van der Waals surface area contributed by atoms with Crippen LogP contribution >= 0.6 is 0 Å². The highest BCUT2D eigenvalue weighted by Gasteiger charge is 2.33. The Bertz CT molecular complexity index is 492. The van der Waals surface area contributed by atoms with E-state index in [0.717, 1.165) is 6.42 Å². The minimum atomic E-state index is -0.483. The Morgan fingerprint density at radius 1 is 1.30 bits per heavy atom. The molecule has 0 spiro atoms. The summed E-state index contributed by atoms with van der Waals surface area (Å²) >= 11 is 0. The van der Waals surface area contributed by atoms with Gasteiger partial charge in [0, 0.05) is 13.6 Å². The highest BCUT2D eigenvalue weighted by atomic mass is 19.1. The Morgan fingerprint density at radius 2 is 2.00 bits per heavy atom. The third-order valence-electron chi connectivity index (χ3n) is 3.20. The number of anilines is 1. The van der Waals surface area contributed by atoms with E-state index in [-0.39, 0.29) is 17.8 Å². The summed E-state index contributed by atoms with van der Waals surface area (Å²) in [4.78, 5) is 25.2. The molecule has 1 aliphatic heterocycles. The molecule has 0 aliphatic carbocycles. The van der Waals surface area contributed by atoms with E-state index in [4.69, 9.17) is 0 Å². The number of rotatable bonds is 3. The van der Waals surface area contributed by atoms with E-state index >= 15 is 0 Å². The van der Waals surface area contributed by atoms with Gasteiger partial charge in [0.05, 0.1) is 5.69 Å². The number of hydrogen-bond donors (Lipinski definition) is 3. The molecule has 7 heteroatoms. The molecule has 1 aromatic rings. The molecule has 1 fully saturated rings. The summed E-state index contributed by atoms with van der Waals surface area (Å²) < 4.78 is 12.7. The van der Waals surface area contributed by atoms with Crippen LogP contribution in [-0.2, 0) is 4.79 Å². The lowest BCUT2D eigenvalue weighted by Crippen LogP contribution is -2.49. The standard InChI is InChI=1S/C13H17FN4O2/c1-15-13(20)18-8-2-3-11(18)12(19)17-16-10-6-4-9(14)5-7-10/h4-7,11,16H,2-3,8H2,1H3,(H,15,20)(H,17,19). The second-order valence-corrected chi connectivity index (χ2v) is 4.53. The lowest BCUT2D eigenvalue weighted by molar-refractivity contribution is -0.124. The van der Waals surface area contributed by atoms with Crippen LogP contribution in [0.15, 0.2) is 24.3 Å². The first-order valence-electron chi connectivity index (χ1n) is 6.41. The number of nitrogens with zero attached hydrogens (tertiary/aromatic N) is 1. The van der Waals surface area contributed by atoms with Gasteiger partial charge in [0.25, 0.3) is 5.91 Å². The highest BCUT2D eigenvalue weighted by molar-refractivity contribution is 5.88. The van der Waals surface area contributed by atoms with Gasteiger partial charge in [-0.25, -0.2) is 9.18 Å². The fourth-order valence-electron chi connectivity index (χ4n) is 2.18. The maximum atomic E-state index is 12.7. The summed E-state index contributed by atoms with van der Waals surface area (Å²) in [5.74, 6) is -0.626. The van der Waals surface area contributed by atoms with Crippen LogP contribution in [0.1, 0.15) is 12.8 Å². The van der Waals surface area contributed by atoms with Crippen molar-refractivity contribution < 1.29 is 14.0 Å². The average Bonchev–Trinajstić information content (AvgIpc) is 2.95. The van der Waals surface area contributed by atoms with Crippen molar-refractivity contribution in [2.24, 2.45) is 0 Å². The maximum Gasteiger partial charge on any atom is 0.317 e.